The molecule has 0 aromatic heterocycles. The second kappa shape index (κ2) is 9.37. The lowest BCUT2D eigenvalue weighted by atomic mass is 10.1. The van der Waals surface area contributed by atoms with Crippen LogP contribution in [0.4, 0.5) is 0 Å². The molecule has 0 aliphatic rings. The third-order valence-electron chi connectivity index (χ3n) is 3.05. The fourth-order valence-electron chi connectivity index (χ4n) is 1.81. The lowest BCUT2D eigenvalue weighted by molar-refractivity contribution is -0.121. The van der Waals surface area contributed by atoms with Crippen molar-refractivity contribution in [1.29, 1.82) is 0 Å². The van der Waals surface area contributed by atoms with Crippen molar-refractivity contribution >= 4 is 5.91 Å². The number of carbonyl (C=O) groups is 1. The van der Waals surface area contributed by atoms with Crippen LogP contribution in [0, 0.1) is 5.92 Å². The predicted molar refractivity (Wildman–Crippen MR) is 83.3 cm³/mol. The Balaban J connectivity index is 2.24. The minimum Gasteiger partial charge on any atom is -0.497 e. The highest BCUT2D eigenvalue weighted by Gasteiger charge is 2.08. The van der Waals surface area contributed by atoms with Gasteiger partial charge in [-0.2, -0.15) is 0 Å². The largest absolute Gasteiger partial charge is 0.497 e. The molecule has 118 valence electrons. The minimum absolute atomic E-state index is 0.0343. The Kier molecular flexibility index (Phi) is 7.79. The Hall–Kier alpha value is -1.59. The van der Waals surface area contributed by atoms with Gasteiger partial charge in [0.2, 0.25) is 5.91 Å². The van der Waals surface area contributed by atoms with Crippen LogP contribution in [-0.2, 0) is 4.79 Å². The van der Waals surface area contributed by atoms with E-state index in [1.165, 1.54) is 0 Å². The summed E-state index contributed by atoms with van der Waals surface area (Å²) in [7, 11) is 1.60. The van der Waals surface area contributed by atoms with E-state index in [1.807, 2.05) is 24.3 Å². The number of benzene rings is 1. The van der Waals surface area contributed by atoms with Crippen LogP contribution in [0.2, 0.25) is 0 Å². The predicted octanol–water partition coefficient (Wildman–Crippen LogP) is 1.48. The van der Waals surface area contributed by atoms with E-state index in [2.05, 4.69) is 24.5 Å². The third kappa shape index (κ3) is 7.11. The molecule has 1 amide bonds. The van der Waals surface area contributed by atoms with Gasteiger partial charge in [-0.05, 0) is 23.6 Å². The Morgan fingerprint density at radius 1 is 1.33 bits per heavy atom. The molecule has 1 aromatic carbocycles. The van der Waals surface area contributed by atoms with Gasteiger partial charge in [-0.25, -0.2) is 0 Å². The van der Waals surface area contributed by atoms with Crippen molar-refractivity contribution in [1.82, 2.24) is 10.6 Å². The second-order valence-electron chi connectivity index (χ2n) is 5.44. The molecule has 1 atom stereocenters. The van der Waals surface area contributed by atoms with E-state index < -0.39 is 6.10 Å². The number of ether oxygens (including phenoxy) is 1. The molecule has 1 rings (SSSR count). The summed E-state index contributed by atoms with van der Waals surface area (Å²) in [5.74, 6) is 1.21. The maximum Gasteiger partial charge on any atom is 0.221 e. The molecular weight excluding hydrogens is 268 g/mol. The van der Waals surface area contributed by atoms with E-state index in [4.69, 9.17) is 4.74 Å². The number of rotatable bonds is 9. The Bertz CT molecular complexity index is 435. The fraction of sp³-hybridized carbons (Fsp3) is 0.562. The molecule has 0 spiro atoms. The van der Waals surface area contributed by atoms with Crippen molar-refractivity contribution in [2.45, 2.75) is 26.4 Å². The normalized spacial score (nSPS) is 12.2. The van der Waals surface area contributed by atoms with Gasteiger partial charge in [-0.15, -0.1) is 0 Å². The zero-order valence-electron chi connectivity index (χ0n) is 13.1. The Morgan fingerprint density at radius 2 is 2.10 bits per heavy atom. The number of methoxy groups -OCH3 is 1. The fourth-order valence-corrected chi connectivity index (χ4v) is 1.81. The molecule has 0 radical (unpaired) electrons. The number of nitrogens with one attached hydrogen (secondary N) is 2. The summed E-state index contributed by atoms with van der Waals surface area (Å²) in [5.41, 5.74) is 0.797. The van der Waals surface area contributed by atoms with Crippen molar-refractivity contribution in [3.63, 3.8) is 0 Å². The van der Waals surface area contributed by atoms with Gasteiger partial charge in [0, 0.05) is 26.1 Å². The zero-order valence-corrected chi connectivity index (χ0v) is 13.1. The molecule has 1 unspecified atom stereocenters. The molecule has 0 bridgehead atoms. The van der Waals surface area contributed by atoms with E-state index in [9.17, 15) is 9.90 Å². The van der Waals surface area contributed by atoms with Crippen LogP contribution >= 0.6 is 0 Å². The monoisotopic (exact) mass is 294 g/mol. The van der Waals surface area contributed by atoms with Gasteiger partial charge in [0.05, 0.1) is 13.2 Å². The van der Waals surface area contributed by atoms with Crippen LogP contribution < -0.4 is 15.4 Å². The molecule has 0 heterocycles. The number of amides is 1. The summed E-state index contributed by atoms with van der Waals surface area (Å²) in [5, 5.41) is 16.0. The molecule has 0 saturated heterocycles. The first-order chi connectivity index (χ1) is 10.0. The van der Waals surface area contributed by atoms with Crippen molar-refractivity contribution in [3.8, 4) is 5.75 Å². The highest BCUT2D eigenvalue weighted by Crippen LogP contribution is 2.18. The van der Waals surface area contributed by atoms with Crippen molar-refractivity contribution in [2.75, 3.05) is 26.7 Å². The van der Waals surface area contributed by atoms with Crippen LogP contribution in [0.3, 0.4) is 0 Å². The molecule has 21 heavy (non-hydrogen) atoms. The highest BCUT2D eigenvalue weighted by molar-refractivity contribution is 5.76. The van der Waals surface area contributed by atoms with Gasteiger partial charge >= 0.3 is 0 Å². The number of hydrogen-bond donors (Lipinski definition) is 3. The number of aliphatic hydroxyl groups excluding tert-OH is 1. The van der Waals surface area contributed by atoms with Crippen LogP contribution in [0.1, 0.15) is 31.9 Å². The van der Waals surface area contributed by atoms with Crippen LogP contribution in [0.25, 0.3) is 0 Å². The Morgan fingerprint density at radius 3 is 2.76 bits per heavy atom. The summed E-state index contributed by atoms with van der Waals surface area (Å²) >= 11 is 0. The standard InChI is InChI=1S/C16H26N2O3/c1-12(2)10-18-16(20)7-8-17-11-15(19)13-5-4-6-14(9-13)21-3/h4-6,9,12,15,17,19H,7-8,10-11H2,1-3H3,(H,18,20). The molecule has 3 N–H and O–H groups in total. The summed E-state index contributed by atoms with van der Waals surface area (Å²) in [6.45, 7) is 5.77. The summed E-state index contributed by atoms with van der Waals surface area (Å²) in [6.07, 6.45) is -0.198. The average molecular weight is 294 g/mol. The molecule has 1 aromatic rings. The summed E-state index contributed by atoms with van der Waals surface area (Å²) < 4.78 is 5.12. The molecule has 5 heteroatoms. The summed E-state index contributed by atoms with van der Waals surface area (Å²) in [6, 6.07) is 7.34. The maximum atomic E-state index is 11.5. The molecule has 0 aliphatic carbocycles. The van der Waals surface area contributed by atoms with Gasteiger partial charge in [0.1, 0.15) is 5.75 Å². The van der Waals surface area contributed by atoms with Gasteiger partial charge in [-0.1, -0.05) is 26.0 Å². The van der Waals surface area contributed by atoms with Gasteiger partial charge in [0.15, 0.2) is 0 Å². The van der Waals surface area contributed by atoms with Gasteiger partial charge < -0.3 is 20.5 Å². The molecule has 0 aliphatic heterocycles. The quantitative estimate of drug-likeness (QED) is 0.603. The first-order valence-electron chi connectivity index (χ1n) is 7.32. The number of carbonyl (C=O) groups excluding carboxylic acids is 1. The number of hydrogen-bond acceptors (Lipinski definition) is 4. The van der Waals surface area contributed by atoms with Crippen LogP contribution in [-0.4, -0.2) is 37.8 Å². The lowest BCUT2D eigenvalue weighted by Gasteiger charge is -2.13. The first kappa shape index (κ1) is 17.5. The van der Waals surface area contributed by atoms with Crippen molar-refractivity contribution in [3.05, 3.63) is 29.8 Å². The smallest absolute Gasteiger partial charge is 0.221 e. The zero-order chi connectivity index (χ0) is 15.7. The first-order valence-corrected chi connectivity index (χ1v) is 7.32. The van der Waals surface area contributed by atoms with E-state index in [-0.39, 0.29) is 5.91 Å². The van der Waals surface area contributed by atoms with Crippen molar-refractivity contribution < 1.29 is 14.6 Å². The SMILES string of the molecule is COc1cccc(C(O)CNCCC(=O)NCC(C)C)c1. The molecule has 0 fully saturated rings. The topological polar surface area (TPSA) is 70.6 Å². The molecule has 0 saturated carbocycles. The van der Waals surface area contributed by atoms with E-state index in [0.717, 1.165) is 11.3 Å². The Labute approximate surface area is 126 Å². The van der Waals surface area contributed by atoms with E-state index in [0.29, 0.717) is 32.0 Å². The molecule has 5 nitrogen and oxygen atoms in total. The highest BCUT2D eigenvalue weighted by atomic mass is 16.5. The second-order valence-corrected chi connectivity index (χ2v) is 5.44. The van der Waals surface area contributed by atoms with Crippen LogP contribution in [0.5, 0.6) is 5.75 Å². The number of aliphatic hydroxyl groups is 1. The average Bonchev–Trinajstić information content (AvgIpc) is 2.49. The van der Waals surface area contributed by atoms with Crippen LogP contribution in [0.15, 0.2) is 24.3 Å². The molecular formula is C16H26N2O3. The van der Waals surface area contributed by atoms with E-state index >= 15 is 0 Å². The van der Waals surface area contributed by atoms with Gasteiger partial charge in [-0.3, -0.25) is 4.79 Å². The van der Waals surface area contributed by atoms with Gasteiger partial charge in [0.25, 0.3) is 0 Å². The maximum absolute atomic E-state index is 11.5. The van der Waals surface area contributed by atoms with Crippen molar-refractivity contribution in [2.24, 2.45) is 5.92 Å². The lowest BCUT2D eigenvalue weighted by Crippen LogP contribution is -2.31. The third-order valence-corrected chi connectivity index (χ3v) is 3.05. The minimum atomic E-state index is -0.612. The van der Waals surface area contributed by atoms with E-state index in [1.54, 1.807) is 7.11 Å². The summed E-state index contributed by atoms with van der Waals surface area (Å²) in [4.78, 5) is 11.5.